The number of ether oxygens (including phenoxy) is 1. The van der Waals surface area contributed by atoms with Crippen LogP contribution in [0.2, 0.25) is 0 Å². The average Bonchev–Trinajstić information content (AvgIpc) is 2.74. The van der Waals surface area contributed by atoms with Crippen LogP contribution in [-0.4, -0.2) is 33.2 Å². The lowest BCUT2D eigenvalue weighted by molar-refractivity contribution is 0.0522. The Balaban J connectivity index is 1.92. The third kappa shape index (κ3) is 6.25. The van der Waals surface area contributed by atoms with Gasteiger partial charge in [-0.25, -0.2) is 14.8 Å². The highest BCUT2D eigenvalue weighted by molar-refractivity contribution is 5.86. The van der Waals surface area contributed by atoms with Crippen LogP contribution in [0.25, 0.3) is 22.0 Å². The molecular weight excluding hydrogens is 400 g/mol. The van der Waals surface area contributed by atoms with Crippen LogP contribution in [0.1, 0.15) is 65.4 Å². The molecule has 1 atom stereocenters. The molecule has 0 aliphatic carbocycles. The lowest BCUT2D eigenvalue weighted by Crippen LogP contribution is -2.35. The molecule has 32 heavy (non-hydrogen) atoms. The van der Waals surface area contributed by atoms with Crippen molar-refractivity contribution in [2.24, 2.45) is 5.92 Å². The third-order valence-electron chi connectivity index (χ3n) is 5.15. The average molecular weight is 435 g/mol. The van der Waals surface area contributed by atoms with E-state index in [9.17, 15) is 4.79 Å². The first-order valence-corrected chi connectivity index (χ1v) is 11.3. The second-order valence-electron chi connectivity index (χ2n) is 9.56. The Labute approximate surface area is 190 Å². The Morgan fingerprint density at radius 3 is 2.41 bits per heavy atom. The van der Waals surface area contributed by atoms with E-state index in [0.29, 0.717) is 12.5 Å². The molecule has 0 bridgehead atoms. The Morgan fingerprint density at radius 2 is 1.78 bits per heavy atom. The summed E-state index contributed by atoms with van der Waals surface area (Å²) in [6.45, 7) is 12.5. The molecule has 1 unspecified atom stereocenters. The van der Waals surface area contributed by atoms with Crippen molar-refractivity contribution in [2.75, 3.05) is 6.54 Å². The summed E-state index contributed by atoms with van der Waals surface area (Å²) < 4.78 is 5.40. The number of rotatable bonds is 7. The van der Waals surface area contributed by atoms with Gasteiger partial charge in [0.1, 0.15) is 11.4 Å². The minimum absolute atomic E-state index is 0.0112. The summed E-state index contributed by atoms with van der Waals surface area (Å²) in [5.74, 6) is 1.23. The molecule has 2 aromatic heterocycles. The molecule has 1 amide bonds. The molecule has 3 aromatic rings. The minimum Gasteiger partial charge on any atom is -0.444 e. The van der Waals surface area contributed by atoms with Gasteiger partial charge in [-0.2, -0.15) is 0 Å². The van der Waals surface area contributed by atoms with Crippen LogP contribution in [0.5, 0.6) is 0 Å². The van der Waals surface area contributed by atoms with Gasteiger partial charge in [0.05, 0.1) is 11.2 Å². The van der Waals surface area contributed by atoms with Gasteiger partial charge < -0.3 is 10.1 Å². The monoisotopic (exact) mass is 434 g/mol. The van der Waals surface area contributed by atoms with Gasteiger partial charge in [0.15, 0.2) is 0 Å². The summed E-state index contributed by atoms with van der Waals surface area (Å²) in [5, 5.41) is 3.98. The van der Waals surface area contributed by atoms with Crippen LogP contribution in [-0.2, 0) is 11.2 Å². The van der Waals surface area contributed by atoms with Crippen molar-refractivity contribution in [1.82, 2.24) is 20.3 Å². The zero-order valence-corrected chi connectivity index (χ0v) is 20.0. The molecule has 0 spiro atoms. The number of nitrogens with zero attached hydrogens (tertiary/aromatic N) is 3. The summed E-state index contributed by atoms with van der Waals surface area (Å²) >= 11 is 0. The number of benzene rings is 1. The van der Waals surface area contributed by atoms with Gasteiger partial charge in [0.2, 0.25) is 0 Å². The lowest BCUT2D eigenvalue weighted by Gasteiger charge is -2.23. The molecule has 0 radical (unpaired) electrons. The number of hydrogen-bond donors (Lipinski definition) is 1. The molecule has 0 saturated carbocycles. The largest absolute Gasteiger partial charge is 0.444 e. The number of fused-ring (bicyclic) bond motifs is 1. The fourth-order valence-corrected chi connectivity index (χ4v) is 3.76. The van der Waals surface area contributed by atoms with E-state index in [1.54, 1.807) is 12.4 Å². The predicted octanol–water partition coefficient (Wildman–Crippen LogP) is 5.91. The first-order valence-electron chi connectivity index (χ1n) is 11.3. The molecule has 2 heterocycles. The minimum atomic E-state index is -0.529. The van der Waals surface area contributed by atoms with E-state index in [0.717, 1.165) is 46.4 Å². The van der Waals surface area contributed by atoms with Crippen molar-refractivity contribution in [3.63, 3.8) is 0 Å². The molecule has 0 aliphatic rings. The van der Waals surface area contributed by atoms with Gasteiger partial charge in [-0.1, -0.05) is 26.8 Å². The normalized spacial score (nSPS) is 12.7. The van der Waals surface area contributed by atoms with Gasteiger partial charge in [-0.3, -0.25) is 4.98 Å². The van der Waals surface area contributed by atoms with Crippen LogP contribution in [0, 0.1) is 5.92 Å². The van der Waals surface area contributed by atoms with Gasteiger partial charge in [-0.15, -0.1) is 0 Å². The number of hydrogen-bond acceptors (Lipinski definition) is 5. The van der Waals surface area contributed by atoms with E-state index in [-0.39, 0.29) is 5.92 Å². The van der Waals surface area contributed by atoms with Crippen molar-refractivity contribution in [1.29, 1.82) is 0 Å². The van der Waals surface area contributed by atoms with Crippen LogP contribution < -0.4 is 5.32 Å². The van der Waals surface area contributed by atoms with Crippen LogP contribution in [0.4, 0.5) is 4.79 Å². The molecule has 170 valence electrons. The number of carbonyl (C=O) groups is 1. The highest BCUT2D eigenvalue weighted by atomic mass is 16.6. The van der Waals surface area contributed by atoms with E-state index in [2.05, 4.69) is 49.3 Å². The highest BCUT2D eigenvalue weighted by Crippen LogP contribution is 2.28. The number of pyridine rings is 1. The first kappa shape index (κ1) is 23.6. The molecular formula is C26H34N4O2. The molecule has 0 aliphatic heterocycles. The number of alkyl carbamates (subject to hydrolysis) is 1. The second-order valence-corrected chi connectivity index (χ2v) is 9.56. The van der Waals surface area contributed by atoms with Gasteiger partial charge >= 0.3 is 6.09 Å². The Morgan fingerprint density at radius 1 is 1.06 bits per heavy atom. The Bertz CT molecular complexity index is 1060. The van der Waals surface area contributed by atoms with Crippen molar-refractivity contribution in [3.8, 4) is 11.1 Å². The number of aromatic nitrogens is 3. The molecule has 6 heteroatoms. The molecule has 6 nitrogen and oxygen atoms in total. The highest BCUT2D eigenvalue weighted by Gasteiger charge is 2.22. The number of amides is 1. The van der Waals surface area contributed by atoms with Crippen LogP contribution in [0.3, 0.4) is 0 Å². The summed E-state index contributed by atoms with van der Waals surface area (Å²) in [7, 11) is 0. The fraction of sp³-hybridized carbons (Fsp3) is 0.462. The number of nitrogens with one attached hydrogen (secondary N) is 1. The van der Waals surface area contributed by atoms with Crippen molar-refractivity contribution >= 4 is 17.0 Å². The fourth-order valence-electron chi connectivity index (χ4n) is 3.76. The summed E-state index contributed by atoms with van der Waals surface area (Å²) in [6.07, 6.45) is 4.87. The number of carbonyl (C=O) groups excluding carboxylic acids is 1. The second kappa shape index (κ2) is 10.1. The lowest BCUT2D eigenvalue weighted by atomic mass is 9.95. The van der Waals surface area contributed by atoms with Crippen LogP contribution >= 0.6 is 0 Å². The quantitative estimate of drug-likeness (QED) is 0.500. The SMILES string of the molecule is CCc1nc(C(CNC(=O)OC(C)(C)C)CC(C)C)nc2ccc(-c3ccncc3)cc12. The Hall–Kier alpha value is -3.02. The standard InChI is InChI=1S/C26H34N4O2/c1-7-22-21-15-19(18-10-12-27-13-11-18)8-9-23(21)30-24(29-22)20(14-17(2)3)16-28-25(31)32-26(4,5)6/h8-13,15,17,20H,7,14,16H2,1-6H3,(H,28,31). The molecule has 3 rings (SSSR count). The molecule has 1 N–H and O–H groups in total. The summed E-state index contributed by atoms with van der Waals surface area (Å²) in [4.78, 5) is 26.2. The predicted molar refractivity (Wildman–Crippen MR) is 129 cm³/mol. The van der Waals surface area contributed by atoms with E-state index in [1.807, 2.05) is 32.9 Å². The Kier molecular flexibility index (Phi) is 7.44. The molecule has 0 fully saturated rings. The zero-order chi connectivity index (χ0) is 23.3. The maximum atomic E-state index is 12.2. The van der Waals surface area contributed by atoms with E-state index in [4.69, 9.17) is 14.7 Å². The van der Waals surface area contributed by atoms with Gasteiger partial charge in [-0.05, 0) is 74.9 Å². The summed E-state index contributed by atoms with van der Waals surface area (Å²) in [5.41, 5.74) is 3.66. The summed E-state index contributed by atoms with van der Waals surface area (Å²) in [6, 6.07) is 10.3. The van der Waals surface area contributed by atoms with Gasteiger partial charge in [0.25, 0.3) is 0 Å². The van der Waals surface area contributed by atoms with E-state index < -0.39 is 11.7 Å². The van der Waals surface area contributed by atoms with E-state index >= 15 is 0 Å². The van der Waals surface area contributed by atoms with Crippen molar-refractivity contribution < 1.29 is 9.53 Å². The van der Waals surface area contributed by atoms with E-state index in [1.165, 1.54) is 0 Å². The maximum absolute atomic E-state index is 12.2. The van der Waals surface area contributed by atoms with Crippen LogP contribution in [0.15, 0.2) is 42.7 Å². The first-order chi connectivity index (χ1) is 15.2. The van der Waals surface area contributed by atoms with Crippen molar-refractivity contribution in [2.45, 2.75) is 65.9 Å². The smallest absolute Gasteiger partial charge is 0.407 e. The molecule has 1 aromatic carbocycles. The van der Waals surface area contributed by atoms with Gasteiger partial charge in [0, 0.05) is 30.2 Å². The topological polar surface area (TPSA) is 77.0 Å². The molecule has 0 saturated heterocycles. The zero-order valence-electron chi connectivity index (χ0n) is 20.0. The number of aryl methyl sites for hydroxylation is 1. The third-order valence-corrected chi connectivity index (χ3v) is 5.15. The maximum Gasteiger partial charge on any atom is 0.407 e. The van der Waals surface area contributed by atoms with Crippen molar-refractivity contribution in [3.05, 3.63) is 54.2 Å².